The smallest absolute Gasteiger partial charge is 0.133 e. The third kappa shape index (κ3) is 3.94. The van der Waals surface area contributed by atoms with Crippen LogP contribution in [0.4, 0.5) is 5.82 Å². The molecular formula is C16H26BrN3. The van der Waals surface area contributed by atoms with Crippen LogP contribution in [0, 0.1) is 5.41 Å². The van der Waals surface area contributed by atoms with E-state index in [1.165, 1.54) is 25.7 Å². The summed E-state index contributed by atoms with van der Waals surface area (Å²) in [6.45, 7) is 6.92. The molecule has 1 heterocycles. The number of hydrogen-bond acceptors (Lipinski definition) is 3. The summed E-state index contributed by atoms with van der Waals surface area (Å²) in [5.74, 6) is 2.00. The molecule has 0 aromatic carbocycles. The van der Waals surface area contributed by atoms with Gasteiger partial charge in [0.25, 0.3) is 0 Å². The second-order valence-corrected chi connectivity index (χ2v) is 7.53. The fourth-order valence-corrected chi connectivity index (χ4v) is 3.34. The van der Waals surface area contributed by atoms with Gasteiger partial charge in [-0.05, 0) is 53.4 Å². The normalized spacial score (nSPS) is 19.1. The molecule has 20 heavy (non-hydrogen) atoms. The Kier molecular flexibility index (Phi) is 5.05. The Hall–Kier alpha value is -0.640. The highest BCUT2D eigenvalue weighted by molar-refractivity contribution is 9.10. The molecule has 0 unspecified atom stereocenters. The SMILES string of the molecule is CCCc1nc(Br)cc(N(C)C2CCC(C)(C)CC2)n1. The van der Waals surface area contributed by atoms with Crippen LogP contribution in [-0.4, -0.2) is 23.1 Å². The lowest BCUT2D eigenvalue weighted by molar-refractivity contribution is 0.222. The number of anilines is 1. The monoisotopic (exact) mass is 339 g/mol. The van der Waals surface area contributed by atoms with Gasteiger partial charge >= 0.3 is 0 Å². The van der Waals surface area contributed by atoms with Gasteiger partial charge in [-0.1, -0.05) is 20.8 Å². The van der Waals surface area contributed by atoms with Crippen molar-refractivity contribution in [2.24, 2.45) is 5.41 Å². The first-order valence-electron chi connectivity index (χ1n) is 7.67. The molecule has 1 fully saturated rings. The maximum absolute atomic E-state index is 4.72. The molecule has 1 saturated carbocycles. The van der Waals surface area contributed by atoms with Gasteiger partial charge in [0, 0.05) is 25.6 Å². The Morgan fingerprint density at radius 2 is 1.95 bits per heavy atom. The molecule has 0 N–H and O–H groups in total. The summed E-state index contributed by atoms with van der Waals surface area (Å²) in [6, 6.07) is 2.65. The van der Waals surface area contributed by atoms with Crippen molar-refractivity contribution in [3.05, 3.63) is 16.5 Å². The molecule has 2 rings (SSSR count). The molecule has 112 valence electrons. The van der Waals surface area contributed by atoms with E-state index in [0.29, 0.717) is 11.5 Å². The first-order valence-corrected chi connectivity index (χ1v) is 8.47. The van der Waals surface area contributed by atoms with Crippen LogP contribution in [0.25, 0.3) is 0 Å². The second-order valence-electron chi connectivity index (χ2n) is 6.72. The van der Waals surface area contributed by atoms with Crippen molar-refractivity contribution < 1.29 is 0 Å². The summed E-state index contributed by atoms with van der Waals surface area (Å²) >= 11 is 3.52. The number of halogens is 1. The average Bonchev–Trinajstić information content (AvgIpc) is 2.37. The van der Waals surface area contributed by atoms with Gasteiger partial charge in [-0.25, -0.2) is 9.97 Å². The number of nitrogens with zero attached hydrogens (tertiary/aromatic N) is 3. The highest BCUT2D eigenvalue weighted by atomic mass is 79.9. The third-order valence-corrected chi connectivity index (χ3v) is 4.83. The predicted molar refractivity (Wildman–Crippen MR) is 88.2 cm³/mol. The van der Waals surface area contributed by atoms with Crippen molar-refractivity contribution >= 4 is 21.7 Å². The topological polar surface area (TPSA) is 29.0 Å². The summed E-state index contributed by atoms with van der Waals surface area (Å²) in [6.07, 6.45) is 7.14. The minimum Gasteiger partial charge on any atom is -0.357 e. The van der Waals surface area contributed by atoms with E-state index in [1.807, 2.05) is 6.07 Å². The van der Waals surface area contributed by atoms with Crippen LogP contribution in [0.15, 0.2) is 10.7 Å². The van der Waals surface area contributed by atoms with Crippen LogP contribution in [-0.2, 0) is 6.42 Å². The maximum Gasteiger partial charge on any atom is 0.133 e. The van der Waals surface area contributed by atoms with E-state index in [9.17, 15) is 0 Å². The van der Waals surface area contributed by atoms with Gasteiger partial charge in [-0.15, -0.1) is 0 Å². The lowest BCUT2D eigenvalue weighted by Gasteiger charge is -2.39. The lowest BCUT2D eigenvalue weighted by Crippen LogP contribution is -2.37. The summed E-state index contributed by atoms with van der Waals surface area (Å²) in [7, 11) is 2.17. The number of aromatic nitrogens is 2. The Balaban J connectivity index is 2.11. The lowest BCUT2D eigenvalue weighted by atomic mass is 9.75. The Morgan fingerprint density at radius 3 is 2.55 bits per heavy atom. The molecule has 3 nitrogen and oxygen atoms in total. The zero-order chi connectivity index (χ0) is 14.8. The van der Waals surface area contributed by atoms with Crippen LogP contribution < -0.4 is 4.90 Å². The number of rotatable bonds is 4. The summed E-state index contributed by atoms with van der Waals surface area (Å²) in [4.78, 5) is 11.5. The van der Waals surface area contributed by atoms with Crippen molar-refractivity contribution in [3.8, 4) is 0 Å². The molecule has 0 bridgehead atoms. The van der Waals surface area contributed by atoms with Gasteiger partial charge in [0.2, 0.25) is 0 Å². The van der Waals surface area contributed by atoms with Crippen molar-refractivity contribution in [3.63, 3.8) is 0 Å². The zero-order valence-corrected chi connectivity index (χ0v) is 14.7. The van der Waals surface area contributed by atoms with E-state index < -0.39 is 0 Å². The van der Waals surface area contributed by atoms with Crippen LogP contribution in [0.5, 0.6) is 0 Å². The van der Waals surface area contributed by atoms with E-state index in [-0.39, 0.29) is 0 Å². The quantitative estimate of drug-likeness (QED) is 0.750. The molecule has 0 atom stereocenters. The van der Waals surface area contributed by atoms with E-state index in [4.69, 9.17) is 4.98 Å². The minimum absolute atomic E-state index is 0.511. The summed E-state index contributed by atoms with van der Waals surface area (Å²) in [5, 5.41) is 0. The van der Waals surface area contributed by atoms with Crippen LogP contribution in [0.1, 0.15) is 58.7 Å². The van der Waals surface area contributed by atoms with Gasteiger partial charge in [0.05, 0.1) is 0 Å². The Labute approximate surface area is 131 Å². The molecule has 1 aliphatic carbocycles. The fraction of sp³-hybridized carbons (Fsp3) is 0.750. The average molecular weight is 340 g/mol. The molecule has 0 aliphatic heterocycles. The minimum atomic E-state index is 0.511. The molecule has 1 aliphatic rings. The first-order chi connectivity index (χ1) is 9.41. The molecular weight excluding hydrogens is 314 g/mol. The summed E-state index contributed by atoms with van der Waals surface area (Å²) < 4.78 is 0.897. The number of aryl methyl sites for hydroxylation is 1. The van der Waals surface area contributed by atoms with Crippen molar-refractivity contribution in [2.75, 3.05) is 11.9 Å². The van der Waals surface area contributed by atoms with Crippen LogP contribution in [0.3, 0.4) is 0 Å². The van der Waals surface area contributed by atoms with Gasteiger partial charge in [0.15, 0.2) is 0 Å². The van der Waals surface area contributed by atoms with E-state index >= 15 is 0 Å². The van der Waals surface area contributed by atoms with E-state index in [2.05, 4.69) is 53.6 Å². The second kappa shape index (κ2) is 6.42. The molecule has 0 spiro atoms. The highest BCUT2D eigenvalue weighted by Gasteiger charge is 2.29. The van der Waals surface area contributed by atoms with Crippen LogP contribution >= 0.6 is 15.9 Å². The highest BCUT2D eigenvalue weighted by Crippen LogP contribution is 2.37. The molecule has 1 aromatic heterocycles. The molecule has 0 saturated heterocycles. The van der Waals surface area contributed by atoms with Gasteiger partial charge in [-0.3, -0.25) is 0 Å². The third-order valence-electron chi connectivity index (χ3n) is 4.42. The largest absolute Gasteiger partial charge is 0.357 e. The summed E-state index contributed by atoms with van der Waals surface area (Å²) in [5.41, 5.74) is 0.511. The fourth-order valence-electron chi connectivity index (χ4n) is 2.93. The van der Waals surface area contributed by atoms with Gasteiger partial charge in [0.1, 0.15) is 16.2 Å². The van der Waals surface area contributed by atoms with Gasteiger partial charge < -0.3 is 4.90 Å². The predicted octanol–water partition coefficient (Wildman–Crippen LogP) is 4.60. The first kappa shape index (κ1) is 15.7. The molecule has 0 amide bonds. The Bertz CT molecular complexity index is 449. The molecule has 4 heteroatoms. The van der Waals surface area contributed by atoms with E-state index in [0.717, 1.165) is 29.1 Å². The molecule has 0 radical (unpaired) electrons. The van der Waals surface area contributed by atoms with Crippen molar-refractivity contribution in [1.82, 2.24) is 9.97 Å². The zero-order valence-electron chi connectivity index (χ0n) is 13.1. The van der Waals surface area contributed by atoms with Crippen molar-refractivity contribution in [2.45, 2.75) is 65.3 Å². The molecule has 1 aromatic rings. The van der Waals surface area contributed by atoms with Crippen molar-refractivity contribution in [1.29, 1.82) is 0 Å². The standard InChI is InChI=1S/C16H26BrN3/c1-5-6-14-18-13(17)11-15(19-14)20(4)12-7-9-16(2,3)10-8-12/h11-12H,5-10H2,1-4H3. The van der Waals surface area contributed by atoms with E-state index in [1.54, 1.807) is 0 Å². The van der Waals surface area contributed by atoms with Crippen LogP contribution in [0.2, 0.25) is 0 Å². The Morgan fingerprint density at radius 1 is 1.30 bits per heavy atom. The van der Waals surface area contributed by atoms with Gasteiger partial charge in [-0.2, -0.15) is 0 Å². The maximum atomic E-state index is 4.72. The number of hydrogen-bond donors (Lipinski definition) is 0.